The summed E-state index contributed by atoms with van der Waals surface area (Å²) in [5, 5.41) is 12.6. The van der Waals surface area contributed by atoms with Crippen molar-refractivity contribution in [3.05, 3.63) is 47.7 Å². The van der Waals surface area contributed by atoms with Crippen molar-refractivity contribution in [2.75, 3.05) is 25.4 Å². The quantitative estimate of drug-likeness (QED) is 0.647. The van der Waals surface area contributed by atoms with Crippen LogP contribution in [0, 0.1) is 0 Å². The molecule has 1 amide bonds. The highest BCUT2D eigenvalue weighted by Crippen LogP contribution is 2.02. The van der Waals surface area contributed by atoms with Gasteiger partial charge in [0.1, 0.15) is 0 Å². The molecule has 0 aliphatic rings. The molecular formula is C14H17N5O2. The normalized spacial score (nSPS) is 10.9. The minimum Gasteiger partial charge on any atom is -0.379 e. The molecule has 0 saturated heterocycles. The Bertz CT molecular complexity index is 594. The van der Waals surface area contributed by atoms with Gasteiger partial charge >= 0.3 is 0 Å². The number of nitrogen functional groups attached to an aromatic ring is 1. The second-order valence-electron chi connectivity index (χ2n) is 4.27. The van der Waals surface area contributed by atoms with Crippen molar-refractivity contribution < 1.29 is 9.42 Å². The Hall–Kier alpha value is -2.67. The Balaban J connectivity index is 1.59. The van der Waals surface area contributed by atoms with Crippen LogP contribution in [-0.4, -0.2) is 35.9 Å². The highest BCUT2D eigenvalue weighted by atomic mass is 16.6. The molecule has 2 aromatic rings. The minimum atomic E-state index is -0.393. The molecule has 0 saturated carbocycles. The summed E-state index contributed by atoms with van der Waals surface area (Å²) in [7, 11) is 0. The lowest BCUT2D eigenvalue weighted by Crippen LogP contribution is -2.32. The lowest BCUT2D eigenvalue weighted by atomic mass is 10.2. The first-order valence-electron chi connectivity index (χ1n) is 6.56. The highest BCUT2D eigenvalue weighted by Gasteiger charge is 2.14. The number of nitrogens with one attached hydrogen (secondary N) is 2. The van der Waals surface area contributed by atoms with Crippen molar-refractivity contribution in [2.24, 2.45) is 0 Å². The van der Waals surface area contributed by atoms with Crippen molar-refractivity contribution in [1.29, 1.82) is 0 Å². The summed E-state index contributed by atoms with van der Waals surface area (Å²) in [5.41, 5.74) is 6.58. The zero-order chi connectivity index (χ0) is 14.9. The van der Waals surface area contributed by atoms with Crippen LogP contribution in [0.2, 0.25) is 0 Å². The van der Waals surface area contributed by atoms with Gasteiger partial charge in [-0.3, -0.25) is 4.79 Å². The van der Waals surface area contributed by atoms with Crippen molar-refractivity contribution in [2.45, 2.75) is 0 Å². The molecule has 1 heterocycles. The van der Waals surface area contributed by atoms with E-state index < -0.39 is 5.91 Å². The number of rotatable bonds is 7. The molecule has 0 radical (unpaired) electrons. The van der Waals surface area contributed by atoms with Gasteiger partial charge in [-0.25, -0.2) is 4.63 Å². The van der Waals surface area contributed by atoms with Gasteiger partial charge in [0.05, 0.1) is 0 Å². The van der Waals surface area contributed by atoms with E-state index in [2.05, 4.69) is 25.6 Å². The summed E-state index contributed by atoms with van der Waals surface area (Å²) in [6.07, 6.45) is 4.06. The van der Waals surface area contributed by atoms with Crippen molar-refractivity contribution in [3.63, 3.8) is 0 Å². The Morgan fingerprint density at radius 3 is 2.76 bits per heavy atom. The largest absolute Gasteiger partial charge is 0.379 e. The smallest absolute Gasteiger partial charge is 0.277 e. The van der Waals surface area contributed by atoms with Crippen molar-refractivity contribution >= 4 is 17.8 Å². The van der Waals surface area contributed by atoms with E-state index in [1.807, 2.05) is 42.5 Å². The summed E-state index contributed by atoms with van der Waals surface area (Å²) < 4.78 is 4.36. The minimum absolute atomic E-state index is 0.00810. The Labute approximate surface area is 122 Å². The molecule has 0 atom stereocenters. The van der Waals surface area contributed by atoms with E-state index in [1.165, 1.54) is 0 Å². The molecular weight excluding hydrogens is 270 g/mol. The molecule has 0 bridgehead atoms. The topological polar surface area (TPSA) is 106 Å². The summed E-state index contributed by atoms with van der Waals surface area (Å²) in [6.45, 7) is 1.82. The summed E-state index contributed by atoms with van der Waals surface area (Å²) in [5.74, 6) is -0.401. The van der Waals surface area contributed by atoms with E-state index in [-0.39, 0.29) is 11.5 Å². The number of amides is 1. The molecule has 2 rings (SSSR count). The van der Waals surface area contributed by atoms with Gasteiger partial charge in [0.25, 0.3) is 5.91 Å². The number of anilines is 1. The molecule has 21 heavy (non-hydrogen) atoms. The number of benzene rings is 1. The average molecular weight is 287 g/mol. The maximum absolute atomic E-state index is 11.6. The third-order valence-corrected chi connectivity index (χ3v) is 2.69. The Morgan fingerprint density at radius 1 is 1.24 bits per heavy atom. The molecule has 110 valence electrons. The zero-order valence-corrected chi connectivity index (χ0v) is 11.5. The first-order chi connectivity index (χ1) is 10.3. The molecule has 0 spiro atoms. The van der Waals surface area contributed by atoms with Gasteiger partial charge in [0, 0.05) is 19.6 Å². The van der Waals surface area contributed by atoms with Gasteiger partial charge in [-0.1, -0.05) is 42.5 Å². The summed E-state index contributed by atoms with van der Waals surface area (Å²) in [4.78, 5) is 11.6. The average Bonchev–Trinajstić information content (AvgIpc) is 2.93. The van der Waals surface area contributed by atoms with Crippen LogP contribution >= 0.6 is 0 Å². The maximum atomic E-state index is 11.6. The second kappa shape index (κ2) is 7.81. The predicted octanol–water partition coefficient (Wildman–Crippen LogP) is 0.685. The van der Waals surface area contributed by atoms with Crippen LogP contribution in [-0.2, 0) is 0 Å². The monoisotopic (exact) mass is 287 g/mol. The lowest BCUT2D eigenvalue weighted by molar-refractivity contribution is 0.0945. The molecule has 1 aromatic carbocycles. The fourth-order valence-electron chi connectivity index (χ4n) is 1.65. The van der Waals surface area contributed by atoms with E-state index in [0.717, 1.165) is 12.1 Å². The number of carbonyl (C=O) groups excluding carboxylic acids is 1. The number of hydrogen-bond donors (Lipinski definition) is 3. The first kappa shape index (κ1) is 14.7. The number of carbonyl (C=O) groups is 1. The zero-order valence-electron chi connectivity index (χ0n) is 11.5. The first-order valence-corrected chi connectivity index (χ1v) is 6.56. The molecule has 0 aliphatic carbocycles. The van der Waals surface area contributed by atoms with Gasteiger partial charge in [-0.2, -0.15) is 0 Å². The second-order valence-corrected chi connectivity index (χ2v) is 4.27. The molecule has 0 aliphatic heterocycles. The van der Waals surface area contributed by atoms with E-state index in [9.17, 15) is 4.79 Å². The molecule has 1 aromatic heterocycles. The molecule has 7 nitrogen and oxygen atoms in total. The van der Waals surface area contributed by atoms with Crippen LogP contribution < -0.4 is 16.4 Å². The van der Waals surface area contributed by atoms with Crippen molar-refractivity contribution in [3.8, 4) is 0 Å². The standard InChI is InChI=1S/C14H17N5O2/c15-13-12(18-21-19-13)14(20)17-10-9-16-8-4-7-11-5-2-1-3-6-11/h1-7,16H,8-10H2,(H2,15,19)(H,17,20)/b7-4+. The fourth-order valence-corrected chi connectivity index (χ4v) is 1.65. The van der Waals surface area contributed by atoms with E-state index >= 15 is 0 Å². The summed E-state index contributed by atoms with van der Waals surface area (Å²) >= 11 is 0. The molecule has 0 unspecified atom stereocenters. The molecule has 7 heteroatoms. The van der Waals surface area contributed by atoms with Gasteiger partial charge in [-0.05, 0) is 15.9 Å². The van der Waals surface area contributed by atoms with E-state index in [1.54, 1.807) is 0 Å². The molecule has 0 fully saturated rings. The predicted molar refractivity (Wildman–Crippen MR) is 79.4 cm³/mol. The van der Waals surface area contributed by atoms with Gasteiger partial charge < -0.3 is 16.4 Å². The van der Waals surface area contributed by atoms with Gasteiger partial charge in [0.2, 0.25) is 11.5 Å². The number of aromatic nitrogens is 2. The van der Waals surface area contributed by atoms with Crippen LogP contribution in [0.15, 0.2) is 41.0 Å². The fraction of sp³-hybridized carbons (Fsp3) is 0.214. The van der Waals surface area contributed by atoms with Crippen LogP contribution in [0.1, 0.15) is 16.1 Å². The third-order valence-electron chi connectivity index (χ3n) is 2.69. The molecule has 4 N–H and O–H groups in total. The lowest BCUT2D eigenvalue weighted by Gasteiger charge is -2.03. The number of hydrogen-bond acceptors (Lipinski definition) is 6. The third kappa shape index (κ3) is 4.73. The number of nitrogens with zero attached hydrogens (tertiary/aromatic N) is 2. The van der Waals surface area contributed by atoms with Crippen LogP contribution in [0.5, 0.6) is 0 Å². The Kier molecular flexibility index (Phi) is 5.48. The van der Waals surface area contributed by atoms with Crippen LogP contribution in [0.4, 0.5) is 5.82 Å². The van der Waals surface area contributed by atoms with Crippen LogP contribution in [0.3, 0.4) is 0 Å². The summed E-state index contributed by atoms with van der Waals surface area (Å²) in [6, 6.07) is 10.0. The van der Waals surface area contributed by atoms with Gasteiger partial charge in [0.15, 0.2) is 0 Å². The van der Waals surface area contributed by atoms with Crippen LogP contribution in [0.25, 0.3) is 6.08 Å². The SMILES string of the molecule is Nc1nonc1C(=O)NCCNC/C=C/c1ccccc1. The maximum Gasteiger partial charge on any atom is 0.277 e. The van der Waals surface area contributed by atoms with Crippen molar-refractivity contribution in [1.82, 2.24) is 20.9 Å². The highest BCUT2D eigenvalue weighted by molar-refractivity contribution is 5.95. The number of nitrogens with two attached hydrogens (primary N) is 1. The van der Waals surface area contributed by atoms with E-state index in [0.29, 0.717) is 13.1 Å². The Morgan fingerprint density at radius 2 is 2.05 bits per heavy atom. The van der Waals surface area contributed by atoms with E-state index in [4.69, 9.17) is 5.73 Å². The van der Waals surface area contributed by atoms with Gasteiger partial charge in [-0.15, -0.1) is 0 Å².